The van der Waals surface area contributed by atoms with Gasteiger partial charge in [-0.3, -0.25) is 9.59 Å². The SMILES string of the molecule is O=C(CNC(=O)c1ccc(Br)cc1)c1ccc(N2CCOCC2)cc1. The monoisotopic (exact) mass is 402 g/mol. The molecule has 5 nitrogen and oxygen atoms in total. The second-order valence-electron chi connectivity index (χ2n) is 5.76. The Hall–Kier alpha value is -2.18. The molecule has 130 valence electrons. The third-order valence-corrected chi connectivity index (χ3v) is 4.61. The van der Waals surface area contributed by atoms with Crippen LogP contribution >= 0.6 is 15.9 Å². The standard InChI is InChI=1S/C19H19BrN2O3/c20-16-5-1-15(2-6-16)19(24)21-13-18(23)14-3-7-17(8-4-14)22-9-11-25-12-10-22/h1-8H,9-13H2,(H,21,24). The van der Waals surface area contributed by atoms with Gasteiger partial charge in [0, 0.05) is 34.4 Å². The molecule has 1 heterocycles. The van der Waals surface area contributed by atoms with Crippen LogP contribution in [0.2, 0.25) is 0 Å². The van der Waals surface area contributed by atoms with Crippen LogP contribution in [0.4, 0.5) is 5.69 Å². The Morgan fingerprint density at radius 3 is 2.20 bits per heavy atom. The van der Waals surface area contributed by atoms with Crippen molar-refractivity contribution in [2.45, 2.75) is 0 Å². The van der Waals surface area contributed by atoms with Crippen LogP contribution in [0.5, 0.6) is 0 Å². The van der Waals surface area contributed by atoms with Crippen molar-refractivity contribution in [3.05, 3.63) is 64.1 Å². The number of nitrogens with one attached hydrogen (secondary N) is 1. The number of halogens is 1. The first-order chi connectivity index (χ1) is 12.1. The number of benzene rings is 2. The summed E-state index contributed by atoms with van der Waals surface area (Å²) in [7, 11) is 0. The molecule has 2 aromatic rings. The zero-order valence-corrected chi connectivity index (χ0v) is 15.3. The lowest BCUT2D eigenvalue weighted by Gasteiger charge is -2.28. The number of ketones is 1. The van der Waals surface area contributed by atoms with Gasteiger partial charge in [0.2, 0.25) is 0 Å². The predicted molar refractivity (Wildman–Crippen MR) is 100 cm³/mol. The topological polar surface area (TPSA) is 58.6 Å². The van der Waals surface area contributed by atoms with Crippen molar-refractivity contribution in [1.29, 1.82) is 0 Å². The quantitative estimate of drug-likeness (QED) is 0.781. The Morgan fingerprint density at radius 1 is 0.960 bits per heavy atom. The average Bonchev–Trinajstić information content (AvgIpc) is 2.67. The second-order valence-corrected chi connectivity index (χ2v) is 6.67. The number of rotatable bonds is 5. The molecule has 25 heavy (non-hydrogen) atoms. The fraction of sp³-hybridized carbons (Fsp3) is 0.263. The summed E-state index contributed by atoms with van der Waals surface area (Å²) in [5.41, 5.74) is 2.20. The fourth-order valence-electron chi connectivity index (χ4n) is 2.65. The number of nitrogens with zero attached hydrogens (tertiary/aromatic N) is 1. The highest BCUT2D eigenvalue weighted by Gasteiger charge is 2.13. The molecule has 1 N–H and O–H groups in total. The number of carbonyl (C=O) groups excluding carboxylic acids is 2. The number of hydrogen-bond donors (Lipinski definition) is 1. The summed E-state index contributed by atoms with van der Waals surface area (Å²) in [6.07, 6.45) is 0. The van der Waals surface area contributed by atoms with Crippen LogP contribution in [0.15, 0.2) is 53.0 Å². The normalized spacial score (nSPS) is 14.2. The third-order valence-electron chi connectivity index (χ3n) is 4.08. The summed E-state index contributed by atoms with van der Waals surface area (Å²) < 4.78 is 6.25. The Balaban J connectivity index is 1.55. The van der Waals surface area contributed by atoms with E-state index in [2.05, 4.69) is 26.1 Å². The molecule has 1 saturated heterocycles. The summed E-state index contributed by atoms with van der Waals surface area (Å²) in [6, 6.07) is 14.5. The molecule has 2 aromatic carbocycles. The van der Waals surface area contributed by atoms with Crippen molar-refractivity contribution in [3.63, 3.8) is 0 Å². The molecule has 0 atom stereocenters. The lowest BCUT2D eigenvalue weighted by molar-refractivity contribution is 0.0904. The van der Waals surface area contributed by atoms with Crippen molar-refractivity contribution in [2.75, 3.05) is 37.7 Å². The highest BCUT2D eigenvalue weighted by atomic mass is 79.9. The Labute approximate surface area is 155 Å². The molecule has 1 fully saturated rings. The third kappa shape index (κ3) is 4.67. The summed E-state index contributed by atoms with van der Waals surface area (Å²) in [5, 5.41) is 2.66. The van der Waals surface area contributed by atoms with Crippen LogP contribution in [0.1, 0.15) is 20.7 Å². The number of morpholine rings is 1. The smallest absolute Gasteiger partial charge is 0.251 e. The maximum Gasteiger partial charge on any atom is 0.251 e. The van der Waals surface area contributed by atoms with E-state index in [0.29, 0.717) is 11.1 Å². The Morgan fingerprint density at radius 2 is 1.56 bits per heavy atom. The Bertz CT molecular complexity index is 738. The molecule has 0 bridgehead atoms. The summed E-state index contributed by atoms with van der Waals surface area (Å²) in [6.45, 7) is 3.14. The largest absolute Gasteiger partial charge is 0.378 e. The van der Waals surface area contributed by atoms with Gasteiger partial charge in [0.25, 0.3) is 5.91 Å². The lowest BCUT2D eigenvalue weighted by atomic mass is 10.1. The number of carbonyl (C=O) groups is 2. The van der Waals surface area contributed by atoms with Gasteiger partial charge in [-0.25, -0.2) is 0 Å². The van der Waals surface area contributed by atoms with Gasteiger partial charge in [-0.15, -0.1) is 0 Å². The molecule has 6 heteroatoms. The number of amides is 1. The van der Waals surface area contributed by atoms with Crippen molar-refractivity contribution in [3.8, 4) is 0 Å². The van der Waals surface area contributed by atoms with E-state index in [1.165, 1.54) is 0 Å². The number of anilines is 1. The van der Waals surface area contributed by atoms with E-state index in [-0.39, 0.29) is 18.2 Å². The highest BCUT2D eigenvalue weighted by molar-refractivity contribution is 9.10. The summed E-state index contributed by atoms with van der Waals surface area (Å²) in [4.78, 5) is 26.6. The van der Waals surface area contributed by atoms with Crippen LogP contribution in [0, 0.1) is 0 Å². The van der Waals surface area contributed by atoms with Gasteiger partial charge in [-0.05, 0) is 48.5 Å². The van der Waals surface area contributed by atoms with Crippen LogP contribution in [-0.2, 0) is 4.74 Å². The first kappa shape index (κ1) is 17.6. The molecule has 1 aliphatic heterocycles. The molecule has 0 radical (unpaired) electrons. The van der Waals surface area contributed by atoms with Gasteiger partial charge >= 0.3 is 0 Å². The zero-order valence-electron chi connectivity index (χ0n) is 13.7. The Kier molecular flexibility index (Phi) is 5.83. The van der Waals surface area contributed by atoms with E-state index >= 15 is 0 Å². The van der Waals surface area contributed by atoms with E-state index in [0.717, 1.165) is 36.5 Å². The summed E-state index contributed by atoms with van der Waals surface area (Å²) in [5.74, 6) is -0.371. The van der Waals surface area contributed by atoms with Gasteiger partial charge in [-0.2, -0.15) is 0 Å². The predicted octanol–water partition coefficient (Wildman–Crippen LogP) is 2.90. The first-order valence-corrected chi connectivity index (χ1v) is 8.92. The van der Waals surface area contributed by atoms with Gasteiger partial charge in [-0.1, -0.05) is 15.9 Å². The molecule has 1 amide bonds. The minimum atomic E-state index is -0.259. The van der Waals surface area contributed by atoms with Crippen LogP contribution < -0.4 is 10.2 Å². The fourth-order valence-corrected chi connectivity index (χ4v) is 2.91. The van der Waals surface area contributed by atoms with Crippen molar-refractivity contribution in [1.82, 2.24) is 5.32 Å². The van der Waals surface area contributed by atoms with Crippen molar-refractivity contribution in [2.24, 2.45) is 0 Å². The minimum Gasteiger partial charge on any atom is -0.378 e. The number of ether oxygens (including phenoxy) is 1. The average molecular weight is 403 g/mol. The maximum absolute atomic E-state index is 12.3. The van der Waals surface area contributed by atoms with Gasteiger partial charge < -0.3 is 15.0 Å². The van der Waals surface area contributed by atoms with Crippen LogP contribution in [0.3, 0.4) is 0 Å². The molecular formula is C19H19BrN2O3. The van der Waals surface area contributed by atoms with Crippen molar-refractivity contribution >= 4 is 33.3 Å². The number of hydrogen-bond acceptors (Lipinski definition) is 4. The van der Waals surface area contributed by atoms with E-state index in [9.17, 15) is 9.59 Å². The van der Waals surface area contributed by atoms with E-state index in [4.69, 9.17) is 4.74 Å². The number of Topliss-reactive ketones (excluding diaryl/α,β-unsaturated/α-hetero) is 1. The second kappa shape index (κ2) is 8.27. The van der Waals surface area contributed by atoms with E-state index in [1.54, 1.807) is 36.4 Å². The van der Waals surface area contributed by atoms with Gasteiger partial charge in [0.1, 0.15) is 0 Å². The molecule has 3 rings (SSSR count). The molecule has 0 aromatic heterocycles. The van der Waals surface area contributed by atoms with Gasteiger partial charge in [0.05, 0.1) is 19.8 Å². The summed E-state index contributed by atoms with van der Waals surface area (Å²) >= 11 is 3.33. The van der Waals surface area contributed by atoms with E-state index in [1.807, 2.05) is 12.1 Å². The van der Waals surface area contributed by atoms with Crippen LogP contribution in [-0.4, -0.2) is 44.5 Å². The molecule has 0 unspecified atom stereocenters. The minimum absolute atomic E-state index is 0.0220. The van der Waals surface area contributed by atoms with Crippen LogP contribution in [0.25, 0.3) is 0 Å². The molecule has 0 spiro atoms. The van der Waals surface area contributed by atoms with E-state index < -0.39 is 0 Å². The molecule has 0 aliphatic carbocycles. The first-order valence-electron chi connectivity index (χ1n) is 8.13. The molecule has 1 aliphatic rings. The maximum atomic E-state index is 12.3. The zero-order chi connectivity index (χ0) is 17.6. The molecule has 0 saturated carbocycles. The lowest BCUT2D eigenvalue weighted by Crippen LogP contribution is -2.36. The van der Waals surface area contributed by atoms with Gasteiger partial charge in [0.15, 0.2) is 5.78 Å². The van der Waals surface area contributed by atoms with Crippen molar-refractivity contribution < 1.29 is 14.3 Å². The highest BCUT2D eigenvalue weighted by Crippen LogP contribution is 2.17. The molecular weight excluding hydrogens is 384 g/mol.